The van der Waals surface area contributed by atoms with Crippen molar-refractivity contribution < 1.29 is 17.9 Å². The second-order valence-electron chi connectivity index (χ2n) is 6.31. The Kier molecular flexibility index (Phi) is 7.33. The number of hydrogen-bond donors (Lipinski definition) is 1. The summed E-state index contributed by atoms with van der Waals surface area (Å²) in [5.74, 6) is 0.147. The van der Waals surface area contributed by atoms with Gasteiger partial charge in [-0.1, -0.05) is 18.2 Å². The van der Waals surface area contributed by atoms with E-state index in [9.17, 15) is 13.2 Å². The number of halogens is 1. The summed E-state index contributed by atoms with van der Waals surface area (Å²) in [6, 6.07) is 22.0. The Morgan fingerprint density at radius 1 is 0.967 bits per heavy atom. The summed E-state index contributed by atoms with van der Waals surface area (Å²) in [7, 11) is -3.96. The minimum absolute atomic E-state index is 0.0804. The predicted molar refractivity (Wildman–Crippen MR) is 126 cm³/mol. The summed E-state index contributed by atoms with van der Waals surface area (Å²) < 4.78 is 34.2. The highest BCUT2D eigenvalue weighted by Gasteiger charge is 2.27. The highest BCUT2D eigenvalue weighted by atomic mass is 127. The first-order valence-corrected chi connectivity index (χ1v) is 11.8. The van der Waals surface area contributed by atoms with E-state index in [1.165, 1.54) is 12.1 Å². The lowest BCUT2D eigenvalue weighted by Gasteiger charge is -2.24. The summed E-state index contributed by atoms with van der Waals surface area (Å²) in [5, 5.41) is 2.75. The normalized spacial score (nSPS) is 11.0. The molecule has 8 heteroatoms. The minimum atomic E-state index is -3.96. The van der Waals surface area contributed by atoms with E-state index in [2.05, 4.69) is 27.9 Å². The monoisotopic (exact) mass is 536 g/mol. The fourth-order valence-electron chi connectivity index (χ4n) is 2.78. The van der Waals surface area contributed by atoms with E-state index in [-0.39, 0.29) is 11.4 Å². The zero-order valence-corrected chi connectivity index (χ0v) is 19.3. The molecule has 1 amide bonds. The third-order valence-corrected chi connectivity index (χ3v) is 6.69. The van der Waals surface area contributed by atoms with Gasteiger partial charge in [0.25, 0.3) is 10.0 Å². The van der Waals surface area contributed by atoms with Crippen molar-refractivity contribution in [3.63, 3.8) is 0 Å². The molecule has 0 atom stereocenters. The molecule has 3 aromatic rings. The number of rotatable bonds is 8. The van der Waals surface area contributed by atoms with Crippen LogP contribution < -0.4 is 14.4 Å². The number of nitrogens with one attached hydrogen (secondary N) is 1. The first kappa shape index (κ1) is 22.1. The molecule has 0 spiro atoms. The van der Waals surface area contributed by atoms with Gasteiger partial charge in [0, 0.05) is 9.26 Å². The lowest BCUT2D eigenvalue weighted by atomic mass is 10.3. The molecule has 0 saturated heterocycles. The van der Waals surface area contributed by atoms with Crippen LogP contribution in [0.1, 0.15) is 6.92 Å². The highest BCUT2D eigenvalue weighted by molar-refractivity contribution is 14.1. The van der Waals surface area contributed by atoms with Gasteiger partial charge in [-0.05, 0) is 90.2 Å². The summed E-state index contributed by atoms with van der Waals surface area (Å²) in [6.07, 6.45) is 0. The number of carbonyl (C=O) groups is 1. The molecule has 0 radical (unpaired) electrons. The number of nitrogens with zero attached hydrogens (tertiary/aromatic N) is 1. The van der Waals surface area contributed by atoms with Gasteiger partial charge in [0.05, 0.1) is 17.2 Å². The average Bonchev–Trinajstić information content (AvgIpc) is 2.75. The highest BCUT2D eigenvalue weighted by Crippen LogP contribution is 2.25. The van der Waals surface area contributed by atoms with Gasteiger partial charge in [-0.3, -0.25) is 9.10 Å². The Morgan fingerprint density at radius 3 is 2.20 bits per heavy atom. The molecule has 3 aromatic carbocycles. The van der Waals surface area contributed by atoms with Crippen LogP contribution in [-0.4, -0.2) is 27.5 Å². The number of hydrogen-bond acceptors (Lipinski definition) is 4. The molecular formula is C22H21IN2O4S. The maximum Gasteiger partial charge on any atom is 0.264 e. The Morgan fingerprint density at radius 2 is 1.60 bits per heavy atom. The molecule has 156 valence electrons. The van der Waals surface area contributed by atoms with Gasteiger partial charge in [0.2, 0.25) is 5.91 Å². The van der Waals surface area contributed by atoms with Crippen molar-refractivity contribution in [2.45, 2.75) is 11.8 Å². The smallest absolute Gasteiger partial charge is 0.264 e. The molecule has 0 unspecified atom stereocenters. The summed E-state index contributed by atoms with van der Waals surface area (Å²) >= 11 is 2.17. The Bertz CT molecular complexity index is 1090. The molecular weight excluding hydrogens is 515 g/mol. The standard InChI is InChI=1S/C22H21IN2O4S/c1-2-29-20-12-14-21(15-13-20)30(27,28)25(19-6-4-3-5-7-19)16-22(26)24-18-10-8-17(23)9-11-18/h3-15H,2,16H2,1H3,(H,24,26). The van der Waals surface area contributed by atoms with Crippen molar-refractivity contribution in [1.29, 1.82) is 0 Å². The Hall–Kier alpha value is -2.59. The van der Waals surface area contributed by atoms with Crippen LogP contribution in [0.15, 0.2) is 83.8 Å². The van der Waals surface area contributed by atoms with Gasteiger partial charge in [-0.15, -0.1) is 0 Å². The van der Waals surface area contributed by atoms with Gasteiger partial charge < -0.3 is 10.1 Å². The average molecular weight is 536 g/mol. The summed E-state index contributed by atoms with van der Waals surface area (Å²) in [4.78, 5) is 12.7. The first-order chi connectivity index (χ1) is 14.4. The minimum Gasteiger partial charge on any atom is -0.494 e. The van der Waals surface area contributed by atoms with Gasteiger partial charge in [-0.2, -0.15) is 0 Å². The number of amides is 1. The lowest BCUT2D eigenvalue weighted by molar-refractivity contribution is -0.114. The second kappa shape index (κ2) is 9.94. The molecule has 6 nitrogen and oxygen atoms in total. The molecule has 0 aliphatic heterocycles. The van der Waals surface area contributed by atoms with E-state index in [1.54, 1.807) is 54.6 Å². The number of sulfonamides is 1. The predicted octanol–water partition coefficient (Wildman–Crippen LogP) is 4.52. The number of ether oxygens (including phenoxy) is 1. The molecule has 0 heterocycles. The molecule has 1 N–H and O–H groups in total. The molecule has 0 aliphatic rings. The van der Waals surface area contributed by atoms with Crippen molar-refractivity contribution in [3.8, 4) is 5.75 Å². The van der Waals surface area contributed by atoms with Crippen LogP contribution in [0, 0.1) is 3.57 Å². The van der Waals surface area contributed by atoms with Crippen LogP contribution in [0.5, 0.6) is 5.75 Å². The van der Waals surface area contributed by atoms with Crippen LogP contribution >= 0.6 is 22.6 Å². The topological polar surface area (TPSA) is 75.7 Å². The quantitative estimate of drug-likeness (QED) is 0.430. The fourth-order valence-corrected chi connectivity index (χ4v) is 4.56. The molecule has 0 aliphatic carbocycles. The third-order valence-electron chi connectivity index (χ3n) is 4.18. The molecule has 30 heavy (non-hydrogen) atoms. The van der Waals surface area contributed by atoms with Crippen LogP contribution in [0.25, 0.3) is 0 Å². The third kappa shape index (κ3) is 5.51. The lowest BCUT2D eigenvalue weighted by Crippen LogP contribution is -2.38. The van der Waals surface area contributed by atoms with Crippen LogP contribution in [0.4, 0.5) is 11.4 Å². The zero-order valence-electron chi connectivity index (χ0n) is 16.3. The van der Waals surface area contributed by atoms with Gasteiger partial charge in [0.1, 0.15) is 12.3 Å². The van der Waals surface area contributed by atoms with E-state index in [4.69, 9.17) is 4.74 Å². The van der Waals surface area contributed by atoms with E-state index in [0.29, 0.717) is 23.7 Å². The fraction of sp³-hybridized carbons (Fsp3) is 0.136. The van der Waals surface area contributed by atoms with Crippen molar-refractivity contribution >= 4 is 49.9 Å². The van der Waals surface area contributed by atoms with Gasteiger partial charge in [-0.25, -0.2) is 8.42 Å². The molecule has 3 rings (SSSR count). The molecule has 0 bridgehead atoms. The largest absolute Gasteiger partial charge is 0.494 e. The van der Waals surface area contributed by atoms with E-state index >= 15 is 0 Å². The Balaban J connectivity index is 1.88. The molecule has 0 fully saturated rings. The second-order valence-corrected chi connectivity index (χ2v) is 9.41. The SMILES string of the molecule is CCOc1ccc(S(=O)(=O)N(CC(=O)Nc2ccc(I)cc2)c2ccccc2)cc1. The summed E-state index contributed by atoms with van der Waals surface area (Å²) in [5.41, 5.74) is 1.01. The number of carbonyl (C=O) groups excluding carboxylic acids is 1. The van der Waals surface area contributed by atoms with Gasteiger partial charge in [0.15, 0.2) is 0 Å². The number of para-hydroxylation sites is 1. The molecule has 0 saturated carbocycles. The van der Waals surface area contributed by atoms with Crippen molar-refractivity contribution in [1.82, 2.24) is 0 Å². The maximum absolute atomic E-state index is 13.3. The van der Waals surface area contributed by atoms with E-state index < -0.39 is 15.9 Å². The van der Waals surface area contributed by atoms with Crippen molar-refractivity contribution in [2.24, 2.45) is 0 Å². The maximum atomic E-state index is 13.3. The molecule has 0 aromatic heterocycles. The summed E-state index contributed by atoms with van der Waals surface area (Å²) in [6.45, 7) is 1.99. The zero-order chi connectivity index (χ0) is 21.6. The van der Waals surface area contributed by atoms with E-state index in [1.807, 2.05) is 19.1 Å². The van der Waals surface area contributed by atoms with Crippen molar-refractivity contribution in [2.75, 3.05) is 22.8 Å². The number of anilines is 2. The Labute approximate surface area is 190 Å². The van der Waals surface area contributed by atoms with Crippen molar-refractivity contribution in [3.05, 3.63) is 82.4 Å². The van der Waals surface area contributed by atoms with Crippen LogP contribution in [0.3, 0.4) is 0 Å². The van der Waals surface area contributed by atoms with Crippen LogP contribution in [0.2, 0.25) is 0 Å². The van der Waals surface area contributed by atoms with Gasteiger partial charge >= 0.3 is 0 Å². The number of benzene rings is 3. The van der Waals surface area contributed by atoms with Crippen LogP contribution in [-0.2, 0) is 14.8 Å². The van der Waals surface area contributed by atoms with E-state index in [0.717, 1.165) is 7.88 Å². The first-order valence-electron chi connectivity index (χ1n) is 9.26.